The summed E-state index contributed by atoms with van der Waals surface area (Å²) in [5.74, 6) is -0.0249. The Balaban J connectivity index is 1.97. The van der Waals surface area contributed by atoms with E-state index in [1.54, 1.807) is 13.0 Å². The van der Waals surface area contributed by atoms with Gasteiger partial charge in [-0.05, 0) is 24.6 Å². The second-order valence-corrected chi connectivity index (χ2v) is 4.56. The van der Waals surface area contributed by atoms with Crippen LogP contribution in [0.1, 0.15) is 21.8 Å². The molecule has 0 unspecified atom stereocenters. The van der Waals surface area contributed by atoms with Crippen molar-refractivity contribution in [3.63, 3.8) is 0 Å². The van der Waals surface area contributed by atoms with E-state index in [0.29, 0.717) is 12.2 Å². The molecule has 5 heteroatoms. The summed E-state index contributed by atoms with van der Waals surface area (Å²) in [5, 5.41) is 6.43. The fourth-order valence-electron chi connectivity index (χ4n) is 1.39. The monoisotopic (exact) mass is 294 g/mol. The van der Waals surface area contributed by atoms with Crippen LogP contribution >= 0.6 is 15.9 Å². The van der Waals surface area contributed by atoms with Crippen LogP contribution in [0, 0.1) is 6.92 Å². The van der Waals surface area contributed by atoms with Crippen LogP contribution in [0.25, 0.3) is 0 Å². The fraction of sp³-hybridized carbons (Fsp3) is 0.167. The molecule has 1 amide bonds. The normalized spacial score (nSPS) is 10.2. The van der Waals surface area contributed by atoms with Gasteiger partial charge in [-0.25, -0.2) is 0 Å². The van der Waals surface area contributed by atoms with Crippen LogP contribution in [-0.4, -0.2) is 11.1 Å². The predicted octanol–water partition coefficient (Wildman–Crippen LogP) is 2.68. The van der Waals surface area contributed by atoms with E-state index >= 15 is 0 Å². The number of rotatable bonds is 3. The number of nitrogens with one attached hydrogen (secondary N) is 1. The van der Waals surface area contributed by atoms with E-state index < -0.39 is 0 Å². The first kappa shape index (κ1) is 11.9. The SMILES string of the molecule is Cc1cc(C(=O)NCc2cccc(Br)c2)on1. The molecule has 17 heavy (non-hydrogen) atoms. The third-order valence-electron chi connectivity index (χ3n) is 2.19. The van der Waals surface area contributed by atoms with Gasteiger partial charge in [-0.3, -0.25) is 4.79 Å². The second kappa shape index (κ2) is 5.14. The zero-order valence-corrected chi connectivity index (χ0v) is 10.8. The number of amides is 1. The number of carbonyl (C=O) groups excluding carboxylic acids is 1. The van der Waals surface area contributed by atoms with Gasteiger partial charge in [-0.15, -0.1) is 0 Å². The van der Waals surface area contributed by atoms with Crippen molar-refractivity contribution < 1.29 is 9.32 Å². The number of nitrogens with zero attached hydrogens (tertiary/aromatic N) is 1. The van der Waals surface area contributed by atoms with Gasteiger partial charge < -0.3 is 9.84 Å². The summed E-state index contributed by atoms with van der Waals surface area (Å²) in [5.41, 5.74) is 1.71. The lowest BCUT2D eigenvalue weighted by Crippen LogP contribution is -2.22. The van der Waals surface area contributed by atoms with Crippen molar-refractivity contribution in [2.75, 3.05) is 0 Å². The molecule has 1 heterocycles. The van der Waals surface area contributed by atoms with Crippen molar-refractivity contribution in [1.82, 2.24) is 10.5 Å². The highest BCUT2D eigenvalue weighted by atomic mass is 79.9. The maximum absolute atomic E-state index is 11.7. The summed E-state index contributed by atoms with van der Waals surface area (Å²) in [6.07, 6.45) is 0. The third-order valence-corrected chi connectivity index (χ3v) is 2.69. The minimum absolute atomic E-state index is 0.234. The number of benzene rings is 1. The summed E-state index contributed by atoms with van der Waals surface area (Å²) in [6.45, 7) is 2.23. The Kier molecular flexibility index (Phi) is 3.58. The average molecular weight is 295 g/mol. The van der Waals surface area contributed by atoms with Gasteiger partial charge >= 0.3 is 0 Å². The average Bonchev–Trinajstić information content (AvgIpc) is 2.73. The predicted molar refractivity (Wildman–Crippen MR) is 66.6 cm³/mol. The van der Waals surface area contributed by atoms with Crippen LogP contribution in [0.5, 0.6) is 0 Å². The Hall–Kier alpha value is -1.62. The first-order chi connectivity index (χ1) is 8.15. The smallest absolute Gasteiger partial charge is 0.290 e. The molecule has 88 valence electrons. The van der Waals surface area contributed by atoms with Gasteiger partial charge in [0.25, 0.3) is 5.91 Å². The summed E-state index contributed by atoms with van der Waals surface area (Å²) >= 11 is 3.38. The highest BCUT2D eigenvalue weighted by Gasteiger charge is 2.10. The van der Waals surface area contributed by atoms with Gasteiger partial charge in [0.05, 0.1) is 5.69 Å². The quantitative estimate of drug-likeness (QED) is 0.947. The first-order valence-electron chi connectivity index (χ1n) is 5.11. The molecule has 0 aliphatic carbocycles. The van der Waals surface area contributed by atoms with Gasteiger partial charge in [0.15, 0.2) is 0 Å². The molecule has 2 aromatic rings. The Bertz CT molecular complexity index is 537. The number of aromatic nitrogens is 1. The van der Waals surface area contributed by atoms with Gasteiger partial charge in [-0.2, -0.15) is 0 Å². The van der Waals surface area contributed by atoms with E-state index in [4.69, 9.17) is 4.52 Å². The molecular formula is C12H11BrN2O2. The Morgan fingerprint density at radius 1 is 1.47 bits per heavy atom. The molecule has 0 bridgehead atoms. The minimum Gasteiger partial charge on any atom is -0.351 e. The minimum atomic E-state index is -0.259. The molecule has 1 aromatic heterocycles. The van der Waals surface area contributed by atoms with Crippen molar-refractivity contribution in [3.8, 4) is 0 Å². The van der Waals surface area contributed by atoms with E-state index in [-0.39, 0.29) is 11.7 Å². The van der Waals surface area contributed by atoms with Crippen LogP contribution in [0.2, 0.25) is 0 Å². The lowest BCUT2D eigenvalue weighted by Gasteiger charge is -2.03. The number of hydrogen-bond acceptors (Lipinski definition) is 3. The number of carbonyl (C=O) groups is 1. The van der Waals surface area contributed by atoms with E-state index in [2.05, 4.69) is 26.4 Å². The van der Waals surface area contributed by atoms with E-state index in [9.17, 15) is 4.79 Å². The Morgan fingerprint density at radius 2 is 2.29 bits per heavy atom. The van der Waals surface area contributed by atoms with Crippen molar-refractivity contribution >= 4 is 21.8 Å². The van der Waals surface area contributed by atoms with Crippen molar-refractivity contribution in [3.05, 3.63) is 51.8 Å². The zero-order valence-electron chi connectivity index (χ0n) is 9.24. The van der Waals surface area contributed by atoms with Crippen molar-refractivity contribution in [1.29, 1.82) is 0 Å². The molecule has 0 fully saturated rings. The Morgan fingerprint density at radius 3 is 2.94 bits per heavy atom. The molecule has 0 aliphatic heterocycles. The highest BCUT2D eigenvalue weighted by Crippen LogP contribution is 2.11. The standard InChI is InChI=1S/C12H11BrN2O2/c1-8-5-11(17-15-8)12(16)14-7-9-3-2-4-10(13)6-9/h2-6H,7H2,1H3,(H,14,16). The summed E-state index contributed by atoms with van der Waals surface area (Å²) in [7, 11) is 0. The fourth-order valence-corrected chi connectivity index (χ4v) is 1.83. The van der Waals surface area contributed by atoms with Crippen LogP contribution < -0.4 is 5.32 Å². The Labute approximate surface area is 107 Å². The molecule has 0 radical (unpaired) electrons. The molecule has 1 N–H and O–H groups in total. The molecular weight excluding hydrogens is 284 g/mol. The lowest BCUT2D eigenvalue weighted by atomic mass is 10.2. The van der Waals surface area contributed by atoms with Gasteiger partial charge in [0.1, 0.15) is 0 Å². The van der Waals surface area contributed by atoms with Crippen LogP contribution in [0.3, 0.4) is 0 Å². The van der Waals surface area contributed by atoms with Crippen LogP contribution in [0.15, 0.2) is 39.3 Å². The molecule has 0 saturated carbocycles. The van der Waals surface area contributed by atoms with E-state index in [1.807, 2.05) is 24.3 Å². The van der Waals surface area contributed by atoms with Crippen LogP contribution in [-0.2, 0) is 6.54 Å². The number of hydrogen-bond donors (Lipinski definition) is 1. The maximum atomic E-state index is 11.7. The van der Waals surface area contributed by atoms with Crippen LogP contribution in [0.4, 0.5) is 0 Å². The van der Waals surface area contributed by atoms with Crippen molar-refractivity contribution in [2.24, 2.45) is 0 Å². The van der Waals surface area contributed by atoms with E-state index in [1.165, 1.54) is 0 Å². The summed E-state index contributed by atoms with van der Waals surface area (Å²) in [6, 6.07) is 9.36. The molecule has 0 saturated heterocycles. The molecule has 4 nitrogen and oxygen atoms in total. The van der Waals surface area contributed by atoms with Crippen molar-refractivity contribution in [2.45, 2.75) is 13.5 Å². The second-order valence-electron chi connectivity index (χ2n) is 3.65. The summed E-state index contributed by atoms with van der Waals surface area (Å²) < 4.78 is 5.85. The highest BCUT2D eigenvalue weighted by molar-refractivity contribution is 9.10. The number of halogens is 1. The summed E-state index contributed by atoms with van der Waals surface area (Å²) in [4.78, 5) is 11.7. The largest absolute Gasteiger partial charge is 0.351 e. The topological polar surface area (TPSA) is 55.1 Å². The molecule has 0 atom stereocenters. The first-order valence-corrected chi connectivity index (χ1v) is 5.90. The molecule has 0 aliphatic rings. The third kappa shape index (κ3) is 3.17. The molecule has 2 rings (SSSR count). The van der Waals surface area contributed by atoms with Gasteiger partial charge in [0, 0.05) is 17.1 Å². The molecule has 1 aromatic carbocycles. The maximum Gasteiger partial charge on any atom is 0.290 e. The lowest BCUT2D eigenvalue weighted by molar-refractivity contribution is 0.0914. The number of aryl methyl sites for hydroxylation is 1. The zero-order chi connectivity index (χ0) is 12.3. The van der Waals surface area contributed by atoms with Gasteiger partial charge in [0.2, 0.25) is 5.76 Å². The van der Waals surface area contributed by atoms with Gasteiger partial charge in [-0.1, -0.05) is 33.2 Å². The molecule has 0 spiro atoms. The van der Waals surface area contributed by atoms with E-state index in [0.717, 1.165) is 10.0 Å².